The zero-order valence-corrected chi connectivity index (χ0v) is 14.2. The summed E-state index contributed by atoms with van der Waals surface area (Å²) in [5, 5.41) is 1.39. The quantitative estimate of drug-likeness (QED) is 0.734. The average molecular weight is 357 g/mol. The number of carbonyl (C=O) groups excluding carboxylic acids is 1. The molecule has 1 amide bonds. The minimum absolute atomic E-state index is 0.00384. The number of halogens is 1. The van der Waals surface area contributed by atoms with Crippen molar-refractivity contribution in [3.63, 3.8) is 0 Å². The second kappa shape index (κ2) is 6.25. The van der Waals surface area contributed by atoms with Crippen LogP contribution in [0.2, 0.25) is 5.02 Å². The van der Waals surface area contributed by atoms with Gasteiger partial charge in [0.15, 0.2) is 5.82 Å². The molecule has 8 heteroatoms. The summed E-state index contributed by atoms with van der Waals surface area (Å²) >= 11 is 6.19. The van der Waals surface area contributed by atoms with Crippen molar-refractivity contribution >= 4 is 40.0 Å². The number of anilines is 2. The molecule has 4 rings (SSSR count). The number of hydrogen-bond acceptors (Lipinski definition) is 5. The van der Waals surface area contributed by atoms with Crippen LogP contribution in [0.15, 0.2) is 36.7 Å². The predicted octanol–water partition coefficient (Wildman–Crippen LogP) is 2.16. The van der Waals surface area contributed by atoms with Gasteiger partial charge in [0.1, 0.15) is 22.9 Å². The minimum atomic E-state index is 0.00384. The monoisotopic (exact) mass is 356 g/mol. The van der Waals surface area contributed by atoms with E-state index >= 15 is 0 Å². The van der Waals surface area contributed by atoms with Gasteiger partial charge in [0.25, 0.3) is 5.91 Å². The lowest BCUT2D eigenvalue weighted by Gasteiger charge is -2.35. The third kappa shape index (κ3) is 2.87. The maximum atomic E-state index is 12.7. The van der Waals surface area contributed by atoms with Crippen LogP contribution in [-0.2, 0) is 0 Å². The number of fused-ring (bicyclic) bond motifs is 1. The molecular weight excluding hydrogens is 340 g/mol. The Morgan fingerprint density at radius 3 is 2.68 bits per heavy atom. The second-order valence-corrected chi connectivity index (χ2v) is 6.32. The molecule has 7 nitrogen and oxygen atoms in total. The molecule has 2 aromatic heterocycles. The van der Waals surface area contributed by atoms with Crippen molar-refractivity contribution in [1.82, 2.24) is 19.9 Å². The molecule has 3 aromatic rings. The molecule has 1 fully saturated rings. The summed E-state index contributed by atoms with van der Waals surface area (Å²) in [7, 11) is 0. The Morgan fingerprint density at radius 1 is 1.16 bits per heavy atom. The number of rotatable bonds is 2. The van der Waals surface area contributed by atoms with Crippen molar-refractivity contribution < 1.29 is 4.79 Å². The Morgan fingerprint density at radius 2 is 1.92 bits per heavy atom. The number of aromatic nitrogens is 3. The number of piperazine rings is 1. The molecule has 0 bridgehead atoms. The van der Waals surface area contributed by atoms with Crippen LogP contribution in [-0.4, -0.2) is 51.9 Å². The maximum absolute atomic E-state index is 12.7. The van der Waals surface area contributed by atoms with E-state index in [1.54, 1.807) is 0 Å². The lowest BCUT2D eigenvalue weighted by atomic mass is 10.2. The van der Waals surface area contributed by atoms with Gasteiger partial charge in [-0.1, -0.05) is 29.8 Å². The van der Waals surface area contributed by atoms with Crippen LogP contribution in [0.5, 0.6) is 0 Å². The highest BCUT2D eigenvalue weighted by atomic mass is 35.5. The fourth-order valence-corrected chi connectivity index (χ4v) is 3.29. The second-order valence-electron chi connectivity index (χ2n) is 5.95. The van der Waals surface area contributed by atoms with Crippen LogP contribution >= 0.6 is 11.6 Å². The first-order valence-electron chi connectivity index (χ1n) is 8.01. The van der Waals surface area contributed by atoms with Crippen LogP contribution < -0.4 is 10.6 Å². The van der Waals surface area contributed by atoms with Gasteiger partial charge in [-0.3, -0.25) is 4.79 Å². The van der Waals surface area contributed by atoms with Gasteiger partial charge in [-0.15, -0.1) is 0 Å². The molecule has 0 unspecified atom stereocenters. The molecule has 1 aliphatic rings. The first-order valence-corrected chi connectivity index (χ1v) is 8.39. The van der Waals surface area contributed by atoms with Crippen molar-refractivity contribution in [2.45, 2.75) is 0 Å². The summed E-state index contributed by atoms with van der Waals surface area (Å²) in [6.07, 6.45) is 1.40. The number of nitrogens with one attached hydrogen (secondary N) is 1. The Labute approximate surface area is 149 Å². The lowest BCUT2D eigenvalue weighted by molar-refractivity contribution is 0.0741. The molecule has 3 heterocycles. The highest BCUT2D eigenvalue weighted by molar-refractivity contribution is 6.35. The van der Waals surface area contributed by atoms with Gasteiger partial charge >= 0.3 is 0 Å². The van der Waals surface area contributed by atoms with E-state index in [2.05, 4.69) is 15.0 Å². The molecule has 1 aromatic carbocycles. The van der Waals surface area contributed by atoms with Crippen molar-refractivity contribution in [3.8, 4) is 0 Å². The van der Waals surface area contributed by atoms with Crippen LogP contribution in [0.1, 0.15) is 10.5 Å². The van der Waals surface area contributed by atoms with E-state index in [9.17, 15) is 4.79 Å². The van der Waals surface area contributed by atoms with E-state index in [1.807, 2.05) is 40.1 Å². The van der Waals surface area contributed by atoms with E-state index in [1.165, 1.54) is 6.33 Å². The van der Waals surface area contributed by atoms with E-state index in [-0.39, 0.29) is 11.7 Å². The highest BCUT2D eigenvalue weighted by Gasteiger charge is 2.25. The topological polar surface area (TPSA) is 91.1 Å². The smallest absolute Gasteiger partial charge is 0.270 e. The lowest BCUT2D eigenvalue weighted by Crippen LogP contribution is -2.49. The summed E-state index contributed by atoms with van der Waals surface area (Å²) in [6, 6.07) is 9.75. The summed E-state index contributed by atoms with van der Waals surface area (Å²) in [4.78, 5) is 27.9. The fourth-order valence-electron chi connectivity index (χ4n) is 3.07. The Hall–Kier alpha value is -2.80. The summed E-state index contributed by atoms with van der Waals surface area (Å²) < 4.78 is 0. The van der Waals surface area contributed by atoms with Crippen LogP contribution in [0.25, 0.3) is 10.9 Å². The van der Waals surface area contributed by atoms with E-state index in [0.29, 0.717) is 42.7 Å². The normalized spacial score (nSPS) is 14.9. The number of aromatic amines is 1. The minimum Gasteiger partial charge on any atom is -0.382 e. The molecule has 0 saturated carbocycles. The van der Waals surface area contributed by atoms with E-state index in [0.717, 1.165) is 10.9 Å². The zero-order chi connectivity index (χ0) is 17.4. The van der Waals surface area contributed by atoms with Gasteiger partial charge in [0.05, 0.1) is 0 Å². The van der Waals surface area contributed by atoms with Crippen molar-refractivity contribution in [2.75, 3.05) is 36.8 Å². The molecule has 0 atom stereocenters. The number of nitrogens with zero attached hydrogens (tertiary/aromatic N) is 4. The zero-order valence-electron chi connectivity index (χ0n) is 13.4. The molecule has 0 radical (unpaired) electrons. The number of para-hydroxylation sites is 1. The third-order valence-corrected chi connectivity index (χ3v) is 4.79. The Kier molecular flexibility index (Phi) is 3.93. The number of benzene rings is 1. The molecular formula is C17H17ClN6O. The third-order valence-electron chi connectivity index (χ3n) is 4.42. The molecule has 128 valence electrons. The van der Waals surface area contributed by atoms with Gasteiger partial charge in [-0.05, 0) is 12.1 Å². The number of carbonyl (C=O) groups is 1. The summed E-state index contributed by atoms with van der Waals surface area (Å²) in [5.41, 5.74) is 7.31. The number of hydrogen-bond donors (Lipinski definition) is 2. The number of nitrogens with two attached hydrogens (primary N) is 1. The van der Waals surface area contributed by atoms with Gasteiger partial charge < -0.3 is 20.5 Å². The van der Waals surface area contributed by atoms with E-state index < -0.39 is 0 Å². The number of H-pyrrole nitrogens is 1. The van der Waals surface area contributed by atoms with Gasteiger partial charge in [0, 0.05) is 37.1 Å². The first-order chi connectivity index (χ1) is 12.1. The van der Waals surface area contributed by atoms with Gasteiger partial charge in [-0.2, -0.15) is 0 Å². The molecule has 0 spiro atoms. The largest absolute Gasteiger partial charge is 0.382 e. The van der Waals surface area contributed by atoms with Crippen LogP contribution in [0.3, 0.4) is 0 Å². The van der Waals surface area contributed by atoms with Gasteiger partial charge in [-0.25, -0.2) is 9.97 Å². The molecule has 1 aliphatic heterocycles. The SMILES string of the molecule is Nc1ncnc(N2CCN(C(=O)c3cc4ccccc4[nH]3)CC2)c1Cl. The molecule has 3 N–H and O–H groups in total. The summed E-state index contributed by atoms with van der Waals surface area (Å²) in [6.45, 7) is 2.47. The molecule has 1 saturated heterocycles. The number of nitrogen functional groups attached to an aromatic ring is 1. The Balaban J connectivity index is 1.48. The number of amides is 1. The highest BCUT2D eigenvalue weighted by Crippen LogP contribution is 2.27. The van der Waals surface area contributed by atoms with Crippen LogP contribution in [0.4, 0.5) is 11.6 Å². The van der Waals surface area contributed by atoms with Crippen LogP contribution in [0, 0.1) is 0 Å². The fraction of sp³-hybridized carbons (Fsp3) is 0.235. The van der Waals surface area contributed by atoms with Crippen molar-refractivity contribution in [3.05, 3.63) is 47.4 Å². The standard InChI is InChI=1S/C17H17ClN6O/c18-14-15(19)20-10-21-16(14)23-5-7-24(8-6-23)17(25)13-9-11-3-1-2-4-12(11)22-13/h1-4,9-10,22H,5-8H2,(H2,19,20,21). The predicted molar refractivity (Wildman–Crippen MR) is 97.9 cm³/mol. The molecule has 25 heavy (non-hydrogen) atoms. The first kappa shape index (κ1) is 15.7. The Bertz CT molecular complexity index is 899. The molecule has 0 aliphatic carbocycles. The van der Waals surface area contributed by atoms with Crippen molar-refractivity contribution in [2.24, 2.45) is 0 Å². The van der Waals surface area contributed by atoms with Gasteiger partial charge in [0.2, 0.25) is 0 Å². The maximum Gasteiger partial charge on any atom is 0.270 e. The average Bonchev–Trinajstić information content (AvgIpc) is 3.08. The van der Waals surface area contributed by atoms with Crippen molar-refractivity contribution in [1.29, 1.82) is 0 Å². The summed E-state index contributed by atoms with van der Waals surface area (Å²) in [5.74, 6) is 0.888. The van der Waals surface area contributed by atoms with E-state index in [4.69, 9.17) is 17.3 Å².